The Kier molecular flexibility index (Phi) is 5.78. The smallest absolute Gasteiger partial charge is 0.338 e. The summed E-state index contributed by atoms with van der Waals surface area (Å²) in [5.74, 6) is -0.966. The number of carbonyl (C=O) groups is 3. The van der Waals surface area contributed by atoms with Crippen LogP contribution in [0.4, 0.5) is 5.69 Å². The van der Waals surface area contributed by atoms with Gasteiger partial charge in [0.25, 0.3) is 0 Å². The van der Waals surface area contributed by atoms with Crippen LogP contribution in [0, 0.1) is 5.41 Å². The predicted octanol–water partition coefficient (Wildman–Crippen LogP) is 4.86. The average molecular weight is 389 g/mol. The van der Waals surface area contributed by atoms with Gasteiger partial charge in [0.2, 0.25) is 5.91 Å². The summed E-state index contributed by atoms with van der Waals surface area (Å²) in [7, 11) is 0. The number of ketones is 1. The summed E-state index contributed by atoms with van der Waals surface area (Å²) in [6.07, 6.45) is 0. The van der Waals surface area contributed by atoms with Crippen molar-refractivity contribution in [1.82, 2.24) is 0 Å². The lowest BCUT2D eigenvalue weighted by Crippen LogP contribution is -2.27. The monoisotopic (exact) mass is 389 g/mol. The molecule has 1 N–H and O–H groups in total. The molecule has 3 aromatic rings. The van der Waals surface area contributed by atoms with Crippen molar-refractivity contribution in [3.05, 3.63) is 77.9 Å². The Morgan fingerprint density at radius 3 is 2.10 bits per heavy atom. The van der Waals surface area contributed by atoms with Crippen molar-refractivity contribution in [2.75, 3.05) is 11.9 Å². The van der Waals surface area contributed by atoms with Crippen molar-refractivity contribution in [2.24, 2.45) is 5.41 Å². The molecule has 3 aromatic carbocycles. The minimum Gasteiger partial charge on any atom is -0.454 e. The SMILES string of the molecule is CC(C)(C)C(=O)Nc1ccc(C(=O)COC(=O)c2ccc3ccccc3c2)cc1. The van der Waals surface area contributed by atoms with Crippen molar-refractivity contribution in [3.8, 4) is 0 Å². The Labute approximate surface area is 169 Å². The second kappa shape index (κ2) is 8.27. The number of amides is 1. The first kappa shape index (κ1) is 20.3. The molecule has 0 heterocycles. The number of benzene rings is 3. The molecule has 0 saturated heterocycles. The largest absolute Gasteiger partial charge is 0.454 e. The summed E-state index contributed by atoms with van der Waals surface area (Å²) in [4.78, 5) is 36.6. The van der Waals surface area contributed by atoms with E-state index in [1.54, 1.807) is 36.4 Å². The van der Waals surface area contributed by atoms with E-state index < -0.39 is 11.4 Å². The van der Waals surface area contributed by atoms with Crippen LogP contribution in [-0.2, 0) is 9.53 Å². The van der Waals surface area contributed by atoms with Gasteiger partial charge in [0.05, 0.1) is 5.56 Å². The molecule has 29 heavy (non-hydrogen) atoms. The van der Waals surface area contributed by atoms with Crippen LogP contribution in [0.2, 0.25) is 0 Å². The van der Waals surface area contributed by atoms with E-state index in [4.69, 9.17) is 4.74 Å². The maximum atomic E-state index is 12.3. The molecule has 0 aromatic heterocycles. The van der Waals surface area contributed by atoms with Crippen LogP contribution < -0.4 is 5.32 Å². The lowest BCUT2D eigenvalue weighted by Gasteiger charge is -2.17. The Balaban J connectivity index is 1.59. The number of nitrogens with one attached hydrogen (secondary N) is 1. The summed E-state index contributed by atoms with van der Waals surface area (Å²) >= 11 is 0. The number of Topliss-reactive ketones (excluding diaryl/α,β-unsaturated/α-hetero) is 1. The summed E-state index contributed by atoms with van der Waals surface area (Å²) < 4.78 is 5.17. The number of ether oxygens (including phenoxy) is 1. The quantitative estimate of drug-likeness (QED) is 0.499. The van der Waals surface area contributed by atoms with Gasteiger partial charge in [-0.3, -0.25) is 9.59 Å². The van der Waals surface area contributed by atoms with E-state index in [0.717, 1.165) is 10.8 Å². The van der Waals surface area contributed by atoms with Gasteiger partial charge < -0.3 is 10.1 Å². The van der Waals surface area contributed by atoms with Gasteiger partial charge in [-0.05, 0) is 47.2 Å². The Morgan fingerprint density at radius 2 is 1.45 bits per heavy atom. The van der Waals surface area contributed by atoms with Crippen molar-refractivity contribution >= 4 is 34.1 Å². The minimum atomic E-state index is -0.543. The Bertz CT molecular complexity index is 1060. The molecule has 3 rings (SSSR count). The highest BCUT2D eigenvalue weighted by molar-refractivity contribution is 6.01. The molecule has 5 nitrogen and oxygen atoms in total. The van der Waals surface area contributed by atoms with E-state index in [2.05, 4.69) is 5.32 Å². The van der Waals surface area contributed by atoms with E-state index >= 15 is 0 Å². The van der Waals surface area contributed by atoms with Gasteiger partial charge in [-0.25, -0.2) is 4.79 Å². The zero-order valence-corrected chi connectivity index (χ0v) is 16.7. The molecule has 0 aliphatic carbocycles. The molecule has 148 valence electrons. The van der Waals surface area contributed by atoms with Gasteiger partial charge in [0, 0.05) is 16.7 Å². The standard InChI is InChI=1S/C24H23NO4/c1-24(2,3)23(28)25-20-12-10-17(11-13-20)21(26)15-29-22(27)19-9-8-16-6-4-5-7-18(16)14-19/h4-14H,15H2,1-3H3,(H,25,28). The molecular weight excluding hydrogens is 366 g/mol. The average Bonchev–Trinajstić information content (AvgIpc) is 2.71. The fraction of sp³-hybridized carbons (Fsp3) is 0.208. The van der Waals surface area contributed by atoms with Crippen molar-refractivity contribution in [3.63, 3.8) is 0 Å². The van der Waals surface area contributed by atoms with Crippen LogP contribution in [-0.4, -0.2) is 24.3 Å². The number of carbonyl (C=O) groups excluding carboxylic acids is 3. The van der Waals surface area contributed by atoms with Crippen LogP contribution in [0.5, 0.6) is 0 Å². The van der Waals surface area contributed by atoms with E-state index in [-0.39, 0.29) is 18.3 Å². The van der Waals surface area contributed by atoms with Gasteiger partial charge in [0.1, 0.15) is 0 Å². The number of hydrogen-bond donors (Lipinski definition) is 1. The second-order valence-electron chi connectivity index (χ2n) is 7.84. The molecule has 0 unspecified atom stereocenters. The van der Waals surface area contributed by atoms with Gasteiger partial charge >= 0.3 is 5.97 Å². The van der Waals surface area contributed by atoms with E-state index in [0.29, 0.717) is 16.8 Å². The summed E-state index contributed by atoms with van der Waals surface area (Å²) in [6.45, 7) is 5.12. The molecule has 0 spiro atoms. The van der Waals surface area contributed by atoms with E-state index in [1.807, 2.05) is 51.1 Å². The van der Waals surface area contributed by atoms with Crippen LogP contribution >= 0.6 is 0 Å². The van der Waals surface area contributed by atoms with Crippen LogP contribution in [0.1, 0.15) is 41.5 Å². The number of fused-ring (bicyclic) bond motifs is 1. The zero-order chi connectivity index (χ0) is 21.0. The van der Waals surface area contributed by atoms with E-state index in [1.165, 1.54) is 0 Å². The topological polar surface area (TPSA) is 72.5 Å². The molecule has 0 aliphatic heterocycles. The third-order valence-corrected chi connectivity index (χ3v) is 4.47. The van der Waals surface area contributed by atoms with Gasteiger partial charge in [-0.15, -0.1) is 0 Å². The molecule has 0 bridgehead atoms. The van der Waals surface area contributed by atoms with Crippen molar-refractivity contribution < 1.29 is 19.1 Å². The molecule has 1 amide bonds. The van der Waals surface area contributed by atoms with Gasteiger partial charge in [-0.2, -0.15) is 0 Å². The number of rotatable bonds is 5. The fourth-order valence-corrected chi connectivity index (χ4v) is 2.67. The zero-order valence-electron chi connectivity index (χ0n) is 16.7. The first-order valence-electron chi connectivity index (χ1n) is 9.35. The van der Waals surface area contributed by atoms with Crippen LogP contribution in [0.25, 0.3) is 10.8 Å². The molecule has 0 aliphatic rings. The van der Waals surface area contributed by atoms with Crippen LogP contribution in [0.15, 0.2) is 66.7 Å². The maximum absolute atomic E-state index is 12.3. The molecule has 0 saturated carbocycles. The summed E-state index contributed by atoms with van der Waals surface area (Å²) in [5, 5.41) is 4.76. The molecular formula is C24H23NO4. The lowest BCUT2D eigenvalue weighted by atomic mass is 9.95. The van der Waals surface area contributed by atoms with Crippen LogP contribution in [0.3, 0.4) is 0 Å². The Morgan fingerprint density at radius 1 is 0.828 bits per heavy atom. The lowest BCUT2D eigenvalue weighted by molar-refractivity contribution is -0.123. The third-order valence-electron chi connectivity index (χ3n) is 4.47. The first-order valence-corrected chi connectivity index (χ1v) is 9.35. The predicted molar refractivity (Wildman–Crippen MR) is 113 cm³/mol. The Hall–Kier alpha value is -3.47. The molecule has 0 atom stereocenters. The summed E-state index contributed by atoms with van der Waals surface area (Å²) in [5.41, 5.74) is 0.905. The van der Waals surface area contributed by atoms with Gasteiger partial charge in [0.15, 0.2) is 12.4 Å². The minimum absolute atomic E-state index is 0.110. The molecule has 0 radical (unpaired) electrons. The number of anilines is 1. The van der Waals surface area contributed by atoms with E-state index in [9.17, 15) is 14.4 Å². The molecule has 0 fully saturated rings. The number of hydrogen-bond acceptors (Lipinski definition) is 4. The normalized spacial score (nSPS) is 11.1. The van der Waals surface area contributed by atoms with Gasteiger partial charge in [-0.1, -0.05) is 51.1 Å². The maximum Gasteiger partial charge on any atom is 0.338 e. The third kappa shape index (κ3) is 5.08. The number of esters is 1. The van der Waals surface area contributed by atoms with Crippen molar-refractivity contribution in [1.29, 1.82) is 0 Å². The second-order valence-corrected chi connectivity index (χ2v) is 7.84. The molecule has 5 heteroatoms. The van der Waals surface area contributed by atoms with Crippen molar-refractivity contribution in [2.45, 2.75) is 20.8 Å². The summed E-state index contributed by atoms with van der Waals surface area (Å²) in [6, 6.07) is 19.5. The highest BCUT2D eigenvalue weighted by Crippen LogP contribution is 2.19. The highest BCUT2D eigenvalue weighted by atomic mass is 16.5. The first-order chi connectivity index (χ1) is 13.7. The fourth-order valence-electron chi connectivity index (χ4n) is 2.67. The highest BCUT2D eigenvalue weighted by Gasteiger charge is 2.21.